The van der Waals surface area contributed by atoms with E-state index in [2.05, 4.69) is 15.7 Å². The third-order valence-corrected chi connectivity index (χ3v) is 5.22. The first-order chi connectivity index (χ1) is 13.5. The molecule has 1 aliphatic heterocycles. The lowest BCUT2D eigenvalue weighted by Crippen LogP contribution is -2.34. The molecule has 1 aromatic heterocycles. The minimum atomic E-state index is -0.659. The van der Waals surface area contributed by atoms with E-state index >= 15 is 0 Å². The summed E-state index contributed by atoms with van der Waals surface area (Å²) in [6.07, 6.45) is 0.176. The normalized spacial score (nSPS) is 15.2. The van der Waals surface area contributed by atoms with Gasteiger partial charge >= 0.3 is 0 Å². The number of amides is 2. The molecule has 2 heterocycles. The maximum atomic E-state index is 12.8. The van der Waals surface area contributed by atoms with Crippen LogP contribution in [0.25, 0.3) is 5.69 Å². The van der Waals surface area contributed by atoms with Gasteiger partial charge in [0.2, 0.25) is 5.91 Å². The van der Waals surface area contributed by atoms with Crippen molar-refractivity contribution in [3.63, 3.8) is 0 Å². The van der Waals surface area contributed by atoms with Crippen molar-refractivity contribution in [3.05, 3.63) is 76.6 Å². The van der Waals surface area contributed by atoms with Crippen LogP contribution in [-0.2, 0) is 16.0 Å². The van der Waals surface area contributed by atoms with E-state index in [1.165, 1.54) is 0 Å². The molecule has 142 valence electrons. The zero-order chi connectivity index (χ0) is 19.8. The molecule has 1 unspecified atom stereocenters. The molecule has 0 saturated heterocycles. The molecule has 1 aliphatic rings. The monoisotopic (exact) mass is 374 g/mol. The highest BCUT2D eigenvalue weighted by Crippen LogP contribution is 2.33. The highest BCUT2D eigenvalue weighted by atomic mass is 16.2. The first kappa shape index (κ1) is 18.0. The van der Waals surface area contributed by atoms with Crippen LogP contribution < -0.4 is 10.6 Å². The second-order valence-corrected chi connectivity index (χ2v) is 7.10. The summed E-state index contributed by atoms with van der Waals surface area (Å²) in [5.41, 5.74) is 6.15. The van der Waals surface area contributed by atoms with Crippen LogP contribution in [0.5, 0.6) is 0 Å². The number of hydrogen-bond donors (Lipinski definition) is 2. The van der Waals surface area contributed by atoms with E-state index < -0.39 is 6.04 Å². The Bertz CT molecular complexity index is 1070. The van der Waals surface area contributed by atoms with E-state index in [4.69, 9.17) is 0 Å². The third-order valence-electron chi connectivity index (χ3n) is 5.22. The van der Waals surface area contributed by atoms with Crippen LogP contribution in [0, 0.1) is 20.8 Å². The van der Waals surface area contributed by atoms with Gasteiger partial charge in [-0.1, -0.05) is 30.3 Å². The van der Waals surface area contributed by atoms with Gasteiger partial charge in [-0.15, -0.1) is 0 Å². The standard InChI is InChI=1S/C22H22N4O2/c1-13-8-7-11-18-20(13)21(22(28)23-18)24-19(27)12-17-14(2)25-26(15(17)3)16-9-5-4-6-10-16/h4-11,21H,12H2,1-3H3,(H,23,28)(H,24,27). The van der Waals surface area contributed by atoms with Crippen molar-refractivity contribution in [1.82, 2.24) is 15.1 Å². The topological polar surface area (TPSA) is 76.0 Å². The predicted molar refractivity (Wildman–Crippen MR) is 107 cm³/mol. The van der Waals surface area contributed by atoms with E-state index in [9.17, 15) is 9.59 Å². The van der Waals surface area contributed by atoms with Gasteiger partial charge in [0, 0.05) is 22.5 Å². The summed E-state index contributed by atoms with van der Waals surface area (Å²) in [6.45, 7) is 5.80. The minimum absolute atomic E-state index is 0.176. The summed E-state index contributed by atoms with van der Waals surface area (Å²) in [5, 5.41) is 10.3. The van der Waals surface area contributed by atoms with Gasteiger partial charge in [0.05, 0.1) is 17.8 Å². The van der Waals surface area contributed by atoms with Gasteiger partial charge in [0.25, 0.3) is 5.91 Å². The molecule has 6 nitrogen and oxygen atoms in total. The fourth-order valence-electron chi connectivity index (χ4n) is 3.77. The molecular weight excluding hydrogens is 352 g/mol. The van der Waals surface area contributed by atoms with E-state index in [1.54, 1.807) is 0 Å². The zero-order valence-electron chi connectivity index (χ0n) is 16.1. The van der Waals surface area contributed by atoms with Crippen molar-refractivity contribution in [2.75, 3.05) is 5.32 Å². The highest BCUT2D eigenvalue weighted by Gasteiger charge is 2.33. The quantitative estimate of drug-likeness (QED) is 0.737. The average molecular weight is 374 g/mol. The Morgan fingerprint density at radius 1 is 1.11 bits per heavy atom. The molecule has 0 spiro atoms. The number of carbonyl (C=O) groups is 2. The van der Waals surface area contributed by atoms with Gasteiger partial charge in [-0.3, -0.25) is 9.59 Å². The SMILES string of the molecule is Cc1cccc2c1C(NC(=O)Cc1c(C)nn(-c3ccccc3)c1C)C(=O)N2. The summed E-state index contributed by atoms with van der Waals surface area (Å²) < 4.78 is 1.85. The summed E-state index contributed by atoms with van der Waals surface area (Å²) in [4.78, 5) is 25.1. The molecule has 4 rings (SSSR count). The Kier molecular flexibility index (Phi) is 4.47. The maximum absolute atomic E-state index is 12.8. The number of aryl methyl sites for hydroxylation is 2. The minimum Gasteiger partial charge on any atom is -0.340 e. The Morgan fingerprint density at radius 2 is 1.86 bits per heavy atom. The van der Waals surface area contributed by atoms with Crippen LogP contribution >= 0.6 is 0 Å². The average Bonchev–Trinajstić information content (AvgIpc) is 3.14. The first-order valence-corrected chi connectivity index (χ1v) is 9.26. The van der Waals surface area contributed by atoms with E-state index in [0.29, 0.717) is 0 Å². The number of carbonyl (C=O) groups excluding carboxylic acids is 2. The van der Waals surface area contributed by atoms with Crippen LogP contribution in [0.2, 0.25) is 0 Å². The molecule has 0 fully saturated rings. The van der Waals surface area contributed by atoms with Crippen LogP contribution in [0.3, 0.4) is 0 Å². The lowest BCUT2D eigenvalue weighted by Gasteiger charge is -2.14. The smallest absolute Gasteiger partial charge is 0.251 e. The fourth-order valence-corrected chi connectivity index (χ4v) is 3.77. The molecule has 2 N–H and O–H groups in total. The highest BCUT2D eigenvalue weighted by molar-refractivity contribution is 6.04. The number of hydrogen-bond acceptors (Lipinski definition) is 3. The fraction of sp³-hybridized carbons (Fsp3) is 0.227. The number of benzene rings is 2. The molecule has 0 saturated carbocycles. The number of para-hydroxylation sites is 1. The van der Waals surface area contributed by atoms with Crippen molar-refractivity contribution >= 4 is 17.5 Å². The van der Waals surface area contributed by atoms with Crippen molar-refractivity contribution in [2.45, 2.75) is 33.2 Å². The van der Waals surface area contributed by atoms with Crippen LogP contribution in [-0.4, -0.2) is 21.6 Å². The Morgan fingerprint density at radius 3 is 2.61 bits per heavy atom. The Hall–Kier alpha value is -3.41. The molecule has 0 radical (unpaired) electrons. The summed E-state index contributed by atoms with van der Waals surface area (Å²) in [5.74, 6) is -0.402. The van der Waals surface area contributed by atoms with E-state index in [0.717, 1.165) is 39.5 Å². The summed E-state index contributed by atoms with van der Waals surface area (Å²) >= 11 is 0. The number of aromatic nitrogens is 2. The van der Waals surface area contributed by atoms with Gasteiger partial charge in [0.1, 0.15) is 6.04 Å². The second kappa shape index (κ2) is 6.96. The molecule has 3 aromatic rings. The van der Waals surface area contributed by atoms with Gasteiger partial charge in [-0.05, 0) is 44.5 Å². The lowest BCUT2D eigenvalue weighted by molar-refractivity contribution is -0.125. The Balaban J connectivity index is 1.56. The van der Waals surface area contributed by atoms with Gasteiger partial charge < -0.3 is 10.6 Å². The van der Waals surface area contributed by atoms with Crippen LogP contribution in [0.4, 0.5) is 5.69 Å². The summed E-state index contributed by atoms with van der Waals surface area (Å²) in [7, 11) is 0. The summed E-state index contributed by atoms with van der Waals surface area (Å²) in [6, 6.07) is 14.8. The van der Waals surface area contributed by atoms with E-state index in [-0.39, 0.29) is 18.2 Å². The van der Waals surface area contributed by atoms with Gasteiger partial charge in [-0.25, -0.2) is 4.68 Å². The number of fused-ring (bicyclic) bond motifs is 1. The lowest BCUT2D eigenvalue weighted by atomic mass is 10.0. The van der Waals surface area contributed by atoms with Crippen molar-refractivity contribution < 1.29 is 9.59 Å². The number of nitrogens with zero attached hydrogens (tertiary/aromatic N) is 2. The number of nitrogens with one attached hydrogen (secondary N) is 2. The third kappa shape index (κ3) is 3.07. The largest absolute Gasteiger partial charge is 0.340 e. The van der Waals surface area contributed by atoms with Crippen molar-refractivity contribution in [3.8, 4) is 5.69 Å². The van der Waals surface area contributed by atoms with Gasteiger partial charge in [-0.2, -0.15) is 5.10 Å². The van der Waals surface area contributed by atoms with Gasteiger partial charge in [0.15, 0.2) is 0 Å². The number of rotatable bonds is 4. The van der Waals surface area contributed by atoms with Crippen LogP contribution in [0.15, 0.2) is 48.5 Å². The Labute approximate surface area is 163 Å². The van der Waals surface area contributed by atoms with Crippen molar-refractivity contribution in [2.24, 2.45) is 0 Å². The molecular formula is C22H22N4O2. The van der Waals surface area contributed by atoms with Crippen LogP contribution in [0.1, 0.15) is 34.1 Å². The molecule has 6 heteroatoms. The zero-order valence-corrected chi connectivity index (χ0v) is 16.1. The molecule has 28 heavy (non-hydrogen) atoms. The van der Waals surface area contributed by atoms with Crippen molar-refractivity contribution in [1.29, 1.82) is 0 Å². The molecule has 2 amide bonds. The predicted octanol–water partition coefficient (Wildman–Crippen LogP) is 3.15. The first-order valence-electron chi connectivity index (χ1n) is 9.26. The maximum Gasteiger partial charge on any atom is 0.251 e. The number of anilines is 1. The molecule has 2 aromatic carbocycles. The van der Waals surface area contributed by atoms with E-state index in [1.807, 2.05) is 74.0 Å². The molecule has 0 aliphatic carbocycles. The molecule has 0 bridgehead atoms. The molecule has 1 atom stereocenters. The second-order valence-electron chi connectivity index (χ2n) is 7.10.